The summed E-state index contributed by atoms with van der Waals surface area (Å²) in [6, 6.07) is 4.26. The number of ether oxygens (including phenoxy) is 1. The lowest BCUT2D eigenvalue weighted by Gasteiger charge is -2.30. The summed E-state index contributed by atoms with van der Waals surface area (Å²) < 4.78 is 32.5. The van der Waals surface area contributed by atoms with Crippen LogP contribution >= 0.6 is 11.6 Å². The Kier molecular flexibility index (Phi) is 5.59. The third-order valence-electron chi connectivity index (χ3n) is 3.35. The molecule has 8 heteroatoms. The van der Waals surface area contributed by atoms with E-state index in [4.69, 9.17) is 21.4 Å². The summed E-state index contributed by atoms with van der Waals surface area (Å²) in [5, 5.41) is 9.27. The van der Waals surface area contributed by atoms with Gasteiger partial charge < -0.3 is 14.7 Å². The third-order valence-corrected chi connectivity index (χ3v) is 5.12. The maximum Gasteiger partial charge on any atom is 0.240 e. The van der Waals surface area contributed by atoms with Gasteiger partial charge >= 0.3 is 0 Å². The number of nitrogens with one attached hydrogen (secondary N) is 1. The number of hydrogen-bond donors (Lipinski definition) is 2. The fourth-order valence-corrected chi connectivity index (χ4v) is 3.50. The van der Waals surface area contributed by atoms with Gasteiger partial charge in [-0.1, -0.05) is 17.7 Å². The van der Waals surface area contributed by atoms with Crippen molar-refractivity contribution >= 4 is 21.6 Å². The van der Waals surface area contributed by atoms with Crippen LogP contribution in [0.2, 0.25) is 5.02 Å². The number of morpholine rings is 1. The largest absolute Gasteiger partial charge is 0.392 e. The normalized spacial score (nSPS) is 20.6. The van der Waals surface area contributed by atoms with Crippen molar-refractivity contribution in [3.05, 3.63) is 28.8 Å². The minimum absolute atomic E-state index is 0.0777. The van der Waals surface area contributed by atoms with Crippen LogP contribution in [0.3, 0.4) is 0 Å². The molecule has 0 saturated carbocycles. The quantitative estimate of drug-likeness (QED) is 0.817. The molecule has 2 N–H and O–H groups in total. The van der Waals surface area contributed by atoms with Gasteiger partial charge in [0.1, 0.15) is 0 Å². The average molecular weight is 335 g/mol. The summed E-state index contributed by atoms with van der Waals surface area (Å²) >= 11 is 5.92. The van der Waals surface area contributed by atoms with Crippen LogP contribution < -0.4 is 4.72 Å². The van der Waals surface area contributed by atoms with Gasteiger partial charge in [0.2, 0.25) is 10.0 Å². The van der Waals surface area contributed by atoms with Crippen LogP contribution in [0.4, 0.5) is 0 Å². The van der Waals surface area contributed by atoms with Crippen LogP contribution in [0.5, 0.6) is 0 Å². The van der Waals surface area contributed by atoms with Gasteiger partial charge in [0.05, 0.1) is 24.2 Å². The number of rotatable bonds is 5. The number of likely N-dealkylation sites (N-methyl/N-ethyl adjacent to an activating group) is 1. The molecule has 2 rings (SSSR count). The molecule has 1 unspecified atom stereocenters. The standard InChI is InChI=1S/C13H19ClN2O4S/c1-16-4-5-20-11(8-16)7-15-21(18,19)12-3-2-10(9-17)13(14)6-12/h2-3,6,11,15,17H,4-5,7-9H2,1H3. The predicted octanol–water partition coefficient (Wildman–Crippen LogP) is 0.441. The highest BCUT2D eigenvalue weighted by Crippen LogP contribution is 2.20. The third kappa shape index (κ3) is 4.38. The molecule has 0 spiro atoms. The second-order valence-corrected chi connectivity index (χ2v) is 7.19. The van der Waals surface area contributed by atoms with E-state index in [1.807, 2.05) is 7.05 Å². The maximum atomic E-state index is 12.2. The Morgan fingerprint density at radius 2 is 2.29 bits per heavy atom. The van der Waals surface area contributed by atoms with Gasteiger partial charge in [-0.2, -0.15) is 0 Å². The fourth-order valence-electron chi connectivity index (χ4n) is 2.10. The molecule has 0 radical (unpaired) electrons. The zero-order chi connectivity index (χ0) is 15.5. The van der Waals surface area contributed by atoms with Crippen LogP contribution in [0.25, 0.3) is 0 Å². The lowest BCUT2D eigenvalue weighted by atomic mass is 10.2. The summed E-state index contributed by atoms with van der Waals surface area (Å²) in [5.41, 5.74) is 0.493. The molecule has 1 heterocycles. The molecule has 0 aliphatic carbocycles. The molecule has 0 bridgehead atoms. The van der Waals surface area contributed by atoms with E-state index >= 15 is 0 Å². The van der Waals surface area contributed by atoms with Crippen molar-refractivity contribution in [3.8, 4) is 0 Å². The van der Waals surface area contributed by atoms with E-state index in [0.717, 1.165) is 6.54 Å². The minimum atomic E-state index is -3.64. The predicted molar refractivity (Wildman–Crippen MR) is 79.8 cm³/mol. The Hall–Kier alpha value is -0.700. The Bertz CT molecular complexity index is 594. The number of benzene rings is 1. The topological polar surface area (TPSA) is 78.9 Å². The van der Waals surface area contributed by atoms with Crippen LogP contribution in [0.15, 0.2) is 23.1 Å². The van der Waals surface area contributed by atoms with Gasteiger partial charge in [0.15, 0.2) is 0 Å². The van der Waals surface area contributed by atoms with Crippen molar-refractivity contribution in [2.24, 2.45) is 0 Å². The summed E-state index contributed by atoms with van der Waals surface area (Å²) in [6.45, 7) is 2.12. The van der Waals surface area contributed by atoms with E-state index in [9.17, 15) is 8.42 Å². The Labute approximate surface area is 129 Å². The second-order valence-electron chi connectivity index (χ2n) is 5.02. The van der Waals surface area contributed by atoms with E-state index in [-0.39, 0.29) is 29.2 Å². The van der Waals surface area contributed by atoms with Crippen LogP contribution in [-0.4, -0.2) is 57.8 Å². The zero-order valence-corrected chi connectivity index (χ0v) is 13.3. The van der Waals surface area contributed by atoms with E-state index < -0.39 is 10.0 Å². The molecule has 1 aromatic rings. The zero-order valence-electron chi connectivity index (χ0n) is 11.8. The lowest BCUT2D eigenvalue weighted by Crippen LogP contribution is -2.45. The monoisotopic (exact) mass is 334 g/mol. The van der Waals surface area contributed by atoms with Gasteiger partial charge in [0, 0.05) is 24.7 Å². The summed E-state index contributed by atoms with van der Waals surface area (Å²) in [5.74, 6) is 0. The highest BCUT2D eigenvalue weighted by Gasteiger charge is 2.21. The van der Waals surface area contributed by atoms with Gasteiger partial charge in [-0.15, -0.1) is 0 Å². The molecule has 0 amide bonds. The Balaban J connectivity index is 2.02. The first-order valence-corrected chi connectivity index (χ1v) is 8.47. The first-order valence-electron chi connectivity index (χ1n) is 6.61. The van der Waals surface area contributed by atoms with Gasteiger partial charge in [-0.3, -0.25) is 0 Å². The van der Waals surface area contributed by atoms with E-state index in [1.54, 1.807) is 0 Å². The van der Waals surface area contributed by atoms with Gasteiger partial charge in [0.25, 0.3) is 0 Å². The molecular formula is C13H19ClN2O4S. The number of hydrogen-bond acceptors (Lipinski definition) is 5. The second kappa shape index (κ2) is 7.04. The van der Waals surface area contributed by atoms with Crippen LogP contribution in [0, 0.1) is 0 Å². The Morgan fingerprint density at radius 3 is 2.90 bits per heavy atom. The molecule has 118 valence electrons. The Morgan fingerprint density at radius 1 is 1.52 bits per heavy atom. The molecule has 1 aliphatic heterocycles. The number of halogens is 1. The SMILES string of the molecule is CN1CCOC(CNS(=O)(=O)c2ccc(CO)c(Cl)c2)C1. The molecule has 6 nitrogen and oxygen atoms in total. The van der Waals surface area contributed by atoms with Gasteiger partial charge in [-0.25, -0.2) is 13.1 Å². The molecule has 1 fully saturated rings. The average Bonchev–Trinajstić information content (AvgIpc) is 2.45. The van der Waals surface area contributed by atoms with Crippen molar-refractivity contribution in [3.63, 3.8) is 0 Å². The summed E-state index contributed by atoms with van der Waals surface area (Å²) in [6.07, 6.45) is -0.161. The first-order chi connectivity index (χ1) is 9.92. The fraction of sp³-hybridized carbons (Fsp3) is 0.538. The molecule has 1 aromatic carbocycles. The van der Waals surface area contributed by atoms with E-state index in [1.165, 1.54) is 18.2 Å². The molecular weight excluding hydrogens is 316 g/mol. The number of sulfonamides is 1. The van der Waals surface area contributed by atoms with Crippen molar-refractivity contribution < 1.29 is 18.3 Å². The van der Waals surface area contributed by atoms with E-state index in [2.05, 4.69) is 9.62 Å². The van der Waals surface area contributed by atoms with Crippen molar-refractivity contribution in [2.45, 2.75) is 17.6 Å². The van der Waals surface area contributed by atoms with Gasteiger partial charge in [-0.05, 0) is 24.7 Å². The summed E-state index contributed by atoms with van der Waals surface area (Å²) in [4.78, 5) is 2.17. The lowest BCUT2D eigenvalue weighted by molar-refractivity contribution is -0.0156. The first kappa shape index (κ1) is 16.7. The molecule has 0 aromatic heterocycles. The van der Waals surface area contributed by atoms with Crippen molar-refractivity contribution in [1.82, 2.24) is 9.62 Å². The molecule has 21 heavy (non-hydrogen) atoms. The number of nitrogens with zero attached hydrogens (tertiary/aromatic N) is 1. The molecule has 1 aliphatic rings. The summed E-state index contributed by atoms with van der Waals surface area (Å²) in [7, 11) is -1.67. The molecule has 1 saturated heterocycles. The van der Waals surface area contributed by atoms with E-state index in [0.29, 0.717) is 18.7 Å². The van der Waals surface area contributed by atoms with Crippen molar-refractivity contribution in [2.75, 3.05) is 33.3 Å². The molecule has 1 atom stereocenters. The highest BCUT2D eigenvalue weighted by atomic mass is 35.5. The highest BCUT2D eigenvalue weighted by molar-refractivity contribution is 7.89. The van der Waals surface area contributed by atoms with Crippen LogP contribution in [-0.2, 0) is 21.4 Å². The maximum absolute atomic E-state index is 12.2. The van der Waals surface area contributed by atoms with Crippen LogP contribution in [0.1, 0.15) is 5.56 Å². The number of aliphatic hydroxyl groups excluding tert-OH is 1. The van der Waals surface area contributed by atoms with Crippen molar-refractivity contribution in [1.29, 1.82) is 0 Å². The number of aliphatic hydroxyl groups is 1. The minimum Gasteiger partial charge on any atom is -0.392 e. The smallest absolute Gasteiger partial charge is 0.240 e.